The van der Waals surface area contributed by atoms with Gasteiger partial charge in [0.05, 0.1) is 0 Å². The van der Waals surface area contributed by atoms with Gasteiger partial charge < -0.3 is 0 Å². The highest BCUT2D eigenvalue weighted by molar-refractivity contribution is 5.94. The molecule has 0 saturated heterocycles. The number of carbonyl (C=O) groups excluding carboxylic acids is 1. The van der Waals surface area contributed by atoms with Crippen LogP contribution in [-0.4, -0.2) is 6.29 Å². The molecule has 0 heterocycles. The van der Waals surface area contributed by atoms with E-state index in [1.165, 1.54) is 21.9 Å². The molecule has 0 saturated carbocycles. The van der Waals surface area contributed by atoms with Crippen molar-refractivity contribution < 1.29 is 4.79 Å². The summed E-state index contributed by atoms with van der Waals surface area (Å²) in [7, 11) is 0. The largest absolute Gasteiger partial charge is 0.298 e. The molecule has 1 aliphatic rings. The lowest BCUT2D eigenvalue weighted by atomic mass is 9.99. The molecule has 2 aromatic carbocycles. The lowest BCUT2D eigenvalue weighted by Gasteiger charge is -2.05. The van der Waals surface area contributed by atoms with Crippen molar-refractivity contribution >= 4 is 23.1 Å². The number of fused-ring (bicyclic) bond motifs is 3. The Hall–Kier alpha value is -1.89. The summed E-state index contributed by atoms with van der Waals surface area (Å²) in [6.45, 7) is 0. The van der Waals surface area contributed by atoms with Crippen LogP contribution in [0.15, 0.2) is 36.4 Å². The molecular weight excluding hydrogens is 184 g/mol. The summed E-state index contributed by atoms with van der Waals surface area (Å²) < 4.78 is 0. The Morgan fingerprint density at radius 2 is 2.00 bits per heavy atom. The van der Waals surface area contributed by atoms with Crippen LogP contribution >= 0.6 is 0 Å². The predicted molar refractivity (Wildman–Crippen MR) is 62.1 cm³/mol. The lowest BCUT2D eigenvalue weighted by molar-refractivity contribution is 0.112. The molecule has 1 nitrogen and oxygen atoms in total. The van der Waals surface area contributed by atoms with E-state index in [9.17, 15) is 4.79 Å². The monoisotopic (exact) mass is 194 g/mol. The van der Waals surface area contributed by atoms with E-state index in [1.807, 2.05) is 18.2 Å². The van der Waals surface area contributed by atoms with E-state index < -0.39 is 0 Å². The Morgan fingerprint density at radius 1 is 1.13 bits per heavy atom. The van der Waals surface area contributed by atoms with E-state index in [0.717, 1.165) is 18.3 Å². The summed E-state index contributed by atoms with van der Waals surface area (Å²) in [5, 5.41) is 2.42. The van der Waals surface area contributed by atoms with E-state index in [4.69, 9.17) is 0 Å². The van der Waals surface area contributed by atoms with Gasteiger partial charge in [-0.3, -0.25) is 4.79 Å². The van der Waals surface area contributed by atoms with Gasteiger partial charge in [-0.2, -0.15) is 0 Å². The average molecular weight is 194 g/mol. The number of rotatable bonds is 1. The SMILES string of the molecule is O=Cc1ccc2ccc3c(c2c1)CC=C3. The van der Waals surface area contributed by atoms with Gasteiger partial charge in [-0.25, -0.2) is 0 Å². The van der Waals surface area contributed by atoms with Crippen molar-refractivity contribution in [3.05, 3.63) is 53.1 Å². The minimum atomic E-state index is 0.753. The van der Waals surface area contributed by atoms with Crippen LogP contribution in [-0.2, 0) is 6.42 Å². The van der Waals surface area contributed by atoms with Gasteiger partial charge in [0.2, 0.25) is 0 Å². The van der Waals surface area contributed by atoms with Gasteiger partial charge >= 0.3 is 0 Å². The van der Waals surface area contributed by atoms with Gasteiger partial charge in [-0.05, 0) is 34.4 Å². The molecule has 0 amide bonds. The third-order valence-corrected chi connectivity index (χ3v) is 2.95. The van der Waals surface area contributed by atoms with E-state index in [2.05, 4.69) is 24.3 Å². The summed E-state index contributed by atoms with van der Waals surface area (Å²) in [5.41, 5.74) is 3.38. The Kier molecular flexibility index (Phi) is 1.72. The smallest absolute Gasteiger partial charge is 0.150 e. The molecule has 0 aliphatic heterocycles. The Bertz CT molecular complexity index is 579. The maximum atomic E-state index is 10.7. The second-order valence-corrected chi connectivity index (χ2v) is 3.84. The fraction of sp³-hybridized carbons (Fsp3) is 0.0714. The van der Waals surface area contributed by atoms with E-state index in [-0.39, 0.29) is 0 Å². The Labute approximate surface area is 88.0 Å². The number of hydrogen-bond donors (Lipinski definition) is 0. The van der Waals surface area contributed by atoms with Crippen molar-refractivity contribution in [1.29, 1.82) is 0 Å². The zero-order valence-corrected chi connectivity index (χ0v) is 8.23. The second-order valence-electron chi connectivity index (χ2n) is 3.84. The van der Waals surface area contributed by atoms with Crippen LogP contribution in [0, 0.1) is 0 Å². The van der Waals surface area contributed by atoms with Gasteiger partial charge in [0.1, 0.15) is 6.29 Å². The third kappa shape index (κ3) is 1.20. The van der Waals surface area contributed by atoms with Crippen LogP contribution < -0.4 is 0 Å². The molecule has 2 aromatic rings. The summed E-state index contributed by atoms with van der Waals surface area (Å²) >= 11 is 0. The number of allylic oxidation sites excluding steroid dienone is 1. The summed E-state index contributed by atoms with van der Waals surface area (Å²) in [6.07, 6.45) is 6.19. The van der Waals surface area contributed by atoms with Crippen molar-refractivity contribution in [1.82, 2.24) is 0 Å². The normalized spacial score (nSPS) is 13.1. The van der Waals surface area contributed by atoms with Crippen LogP contribution in [0.4, 0.5) is 0 Å². The Balaban J connectivity index is 2.38. The number of hydrogen-bond acceptors (Lipinski definition) is 1. The molecule has 0 aromatic heterocycles. The quantitative estimate of drug-likeness (QED) is 0.637. The molecule has 0 unspecified atom stereocenters. The highest BCUT2D eigenvalue weighted by Gasteiger charge is 2.09. The van der Waals surface area contributed by atoms with Gasteiger partial charge in [0.25, 0.3) is 0 Å². The van der Waals surface area contributed by atoms with E-state index >= 15 is 0 Å². The molecular formula is C14H10O. The first-order valence-corrected chi connectivity index (χ1v) is 5.06. The standard InChI is InChI=1S/C14H10O/c15-9-10-4-5-12-7-6-11-2-1-3-13(11)14(12)8-10/h1-2,4-9H,3H2. The molecule has 3 rings (SSSR count). The summed E-state index contributed by atoms with van der Waals surface area (Å²) in [4.78, 5) is 10.7. The molecule has 1 heteroatoms. The first-order chi connectivity index (χ1) is 7.38. The number of aldehydes is 1. The van der Waals surface area contributed by atoms with Crippen LogP contribution in [0.5, 0.6) is 0 Å². The topological polar surface area (TPSA) is 17.1 Å². The highest BCUT2D eigenvalue weighted by atomic mass is 16.1. The molecule has 0 atom stereocenters. The fourth-order valence-electron chi connectivity index (χ4n) is 2.18. The van der Waals surface area contributed by atoms with Crippen molar-refractivity contribution in [3.63, 3.8) is 0 Å². The predicted octanol–water partition coefficient (Wildman–Crippen LogP) is 3.22. The van der Waals surface area contributed by atoms with Crippen LogP contribution in [0.2, 0.25) is 0 Å². The lowest BCUT2D eigenvalue weighted by Crippen LogP contribution is -1.87. The minimum Gasteiger partial charge on any atom is -0.298 e. The second kappa shape index (κ2) is 3.06. The van der Waals surface area contributed by atoms with Crippen molar-refractivity contribution in [2.75, 3.05) is 0 Å². The van der Waals surface area contributed by atoms with E-state index in [0.29, 0.717) is 0 Å². The van der Waals surface area contributed by atoms with Crippen LogP contribution in [0.3, 0.4) is 0 Å². The number of benzene rings is 2. The third-order valence-electron chi connectivity index (χ3n) is 2.95. The molecule has 0 spiro atoms. The number of carbonyl (C=O) groups is 1. The molecule has 0 N–H and O–H groups in total. The molecule has 0 bridgehead atoms. The van der Waals surface area contributed by atoms with Crippen LogP contribution in [0.25, 0.3) is 16.8 Å². The van der Waals surface area contributed by atoms with Gasteiger partial charge in [-0.15, -0.1) is 0 Å². The summed E-state index contributed by atoms with van der Waals surface area (Å²) in [6, 6.07) is 10.1. The maximum absolute atomic E-state index is 10.7. The molecule has 0 fully saturated rings. The van der Waals surface area contributed by atoms with E-state index in [1.54, 1.807) is 0 Å². The fourth-order valence-corrected chi connectivity index (χ4v) is 2.18. The highest BCUT2D eigenvalue weighted by Crippen LogP contribution is 2.28. The zero-order valence-electron chi connectivity index (χ0n) is 8.23. The summed E-state index contributed by atoms with van der Waals surface area (Å²) in [5.74, 6) is 0. The van der Waals surface area contributed by atoms with Gasteiger partial charge in [0.15, 0.2) is 0 Å². The molecule has 1 aliphatic carbocycles. The van der Waals surface area contributed by atoms with Crippen LogP contribution in [0.1, 0.15) is 21.5 Å². The first kappa shape index (κ1) is 8.42. The van der Waals surface area contributed by atoms with Gasteiger partial charge in [-0.1, -0.05) is 36.4 Å². The van der Waals surface area contributed by atoms with Crippen molar-refractivity contribution in [2.45, 2.75) is 6.42 Å². The van der Waals surface area contributed by atoms with Crippen molar-refractivity contribution in [2.24, 2.45) is 0 Å². The average Bonchev–Trinajstić information content (AvgIpc) is 2.76. The minimum absolute atomic E-state index is 0.753. The molecule has 0 radical (unpaired) electrons. The first-order valence-electron chi connectivity index (χ1n) is 5.06. The maximum Gasteiger partial charge on any atom is 0.150 e. The zero-order chi connectivity index (χ0) is 10.3. The molecule has 72 valence electrons. The molecule has 15 heavy (non-hydrogen) atoms. The van der Waals surface area contributed by atoms with Gasteiger partial charge in [0, 0.05) is 5.56 Å². The Morgan fingerprint density at radius 3 is 2.87 bits per heavy atom. The van der Waals surface area contributed by atoms with Crippen molar-refractivity contribution in [3.8, 4) is 0 Å².